The van der Waals surface area contributed by atoms with Crippen LogP contribution >= 0.6 is 0 Å². The summed E-state index contributed by atoms with van der Waals surface area (Å²) in [6.07, 6.45) is 6.07. The van der Waals surface area contributed by atoms with Gasteiger partial charge in [-0.05, 0) is 50.6 Å². The van der Waals surface area contributed by atoms with E-state index < -0.39 is 0 Å². The zero-order valence-corrected chi connectivity index (χ0v) is 15.2. The van der Waals surface area contributed by atoms with E-state index in [4.69, 9.17) is 0 Å². The number of hydrogen-bond acceptors (Lipinski definition) is 3. The lowest BCUT2D eigenvalue weighted by atomic mass is 9.89. The standard InChI is InChI=1S/C20H24FN5/c1-14-17(12-25(2)24-14)13-26-8-6-15(7-9-26)20-19(11-22-23-20)16-4-3-5-18(21)10-16/h3-5,10-12,15H,6-9,13H2,1-2H3,(H,22,23). The van der Waals surface area contributed by atoms with E-state index in [0.29, 0.717) is 5.92 Å². The quantitative estimate of drug-likeness (QED) is 0.779. The lowest BCUT2D eigenvalue weighted by molar-refractivity contribution is 0.203. The van der Waals surface area contributed by atoms with Gasteiger partial charge in [0, 0.05) is 42.5 Å². The molecule has 6 heteroatoms. The third-order valence-corrected chi connectivity index (χ3v) is 5.31. The number of halogens is 1. The van der Waals surface area contributed by atoms with Gasteiger partial charge in [0.2, 0.25) is 0 Å². The van der Waals surface area contributed by atoms with Crippen LogP contribution in [0.4, 0.5) is 4.39 Å². The second-order valence-corrected chi connectivity index (χ2v) is 7.17. The first-order valence-corrected chi connectivity index (χ1v) is 9.11. The maximum Gasteiger partial charge on any atom is 0.123 e. The van der Waals surface area contributed by atoms with Crippen LogP contribution < -0.4 is 0 Å². The average Bonchev–Trinajstić information content (AvgIpc) is 3.22. The molecule has 2 aromatic heterocycles. The minimum Gasteiger partial charge on any atom is -0.299 e. The van der Waals surface area contributed by atoms with Crippen LogP contribution in [0.5, 0.6) is 0 Å². The molecule has 26 heavy (non-hydrogen) atoms. The highest BCUT2D eigenvalue weighted by atomic mass is 19.1. The maximum absolute atomic E-state index is 13.6. The van der Waals surface area contributed by atoms with E-state index in [-0.39, 0.29) is 5.82 Å². The van der Waals surface area contributed by atoms with Crippen molar-refractivity contribution in [2.24, 2.45) is 7.05 Å². The Morgan fingerprint density at radius 2 is 2.08 bits per heavy atom. The second-order valence-electron chi connectivity index (χ2n) is 7.17. The number of aromatic nitrogens is 4. The zero-order chi connectivity index (χ0) is 18.1. The van der Waals surface area contributed by atoms with Crippen molar-refractivity contribution in [1.29, 1.82) is 0 Å². The van der Waals surface area contributed by atoms with Crippen LogP contribution in [0.2, 0.25) is 0 Å². The fraction of sp³-hybridized carbons (Fsp3) is 0.400. The number of likely N-dealkylation sites (tertiary alicyclic amines) is 1. The van der Waals surface area contributed by atoms with E-state index in [1.807, 2.05) is 24.0 Å². The summed E-state index contributed by atoms with van der Waals surface area (Å²) in [5.74, 6) is 0.221. The second kappa shape index (κ2) is 7.03. The van der Waals surface area contributed by atoms with E-state index in [1.54, 1.807) is 12.1 Å². The van der Waals surface area contributed by atoms with Gasteiger partial charge in [0.15, 0.2) is 0 Å². The molecular formula is C20H24FN5. The number of piperidine rings is 1. The monoisotopic (exact) mass is 353 g/mol. The molecule has 0 bridgehead atoms. The SMILES string of the molecule is Cc1nn(C)cc1CN1CCC(c2[nH]ncc2-c2cccc(F)c2)CC1. The van der Waals surface area contributed by atoms with Gasteiger partial charge >= 0.3 is 0 Å². The van der Waals surface area contributed by atoms with Crippen LogP contribution in [0.1, 0.15) is 35.7 Å². The molecule has 1 aromatic carbocycles. The number of H-pyrrole nitrogens is 1. The number of aryl methyl sites for hydroxylation is 2. The van der Waals surface area contributed by atoms with Gasteiger partial charge in [0.1, 0.15) is 5.82 Å². The molecule has 0 saturated carbocycles. The van der Waals surface area contributed by atoms with E-state index in [9.17, 15) is 4.39 Å². The molecule has 0 unspecified atom stereocenters. The highest BCUT2D eigenvalue weighted by molar-refractivity contribution is 5.65. The Kier molecular flexibility index (Phi) is 4.59. The normalized spacial score (nSPS) is 16.3. The molecule has 3 heterocycles. The van der Waals surface area contributed by atoms with Crippen molar-refractivity contribution < 1.29 is 4.39 Å². The summed E-state index contributed by atoms with van der Waals surface area (Å²) in [4.78, 5) is 2.48. The third-order valence-electron chi connectivity index (χ3n) is 5.31. The summed E-state index contributed by atoms with van der Waals surface area (Å²) in [7, 11) is 1.97. The fourth-order valence-electron chi connectivity index (χ4n) is 3.92. The topological polar surface area (TPSA) is 49.7 Å². The summed E-state index contributed by atoms with van der Waals surface area (Å²) in [5.41, 5.74) is 5.45. The van der Waals surface area contributed by atoms with E-state index in [2.05, 4.69) is 33.3 Å². The van der Waals surface area contributed by atoms with Crippen molar-refractivity contribution in [3.63, 3.8) is 0 Å². The highest BCUT2D eigenvalue weighted by Crippen LogP contribution is 2.34. The molecule has 1 aliphatic heterocycles. The number of nitrogens with zero attached hydrogens (tertiary/aromatic N) is 4. The molecule has 3 aromatic rings. The van der Waals surface area contributed by atoms with Crippen molar-refractivity contribution in [2.45, 2.75) is 32.2 Å². The molecule has 136 valence electrons. The highest BCUT2D eigenvalue weighted by Gasteiger charge is 2.25. The lowest BCUT2D eigenvalue weighted by Crippen LogP contribution is -2.32. The van der Waals surface area contributed by atoms with Crippen molar-refractivity contribution in [2.75, 3.05) is 13.1 Å². The van der Waals surface area contributed by atoms with Crippen LogP contribution in [-0.2, 0) is 13.6 Å². The number of aromatic amines is 1. The summed E-state index contributed by atoms with van der Waals surface area (Å²) >= 11 is 0. The van der Waals surface area contributed by atoms with Crippen molar-refractivity contribution in [3.8, 4) is 11.1 Å². The number of benzene rings is 1. The minimum absolute atomic E-state index is 0.212. The lowest BCUT2D eigenvalue weighted by Gasteiger charge is -2.31. The van der Waals surface area contributed by atoms with Crippen molar-refractivity contribution in [1.82, 2.24) is 24.9 Å². The first-order chi connectivity index (χ1) is 12.6. The maximum atomic E-state index is 13.6. The van der Waals surface area contributed by atoms with Gasteiger partial charge in [0.05, 0.1) is 11.9 Å². The molecule has 0 amide bonds. The van der Waals surface area contributed by atoms with Gasteiger partial charge in [-0.3, -0.25) is 14.7 Å². The first kappa shape index (κ1) is 17.0. The van der Waals surface area contributed by atoms with Gasteiger partial charge in [0.25, 0.3) is 0 Å². The Labute approximate surface area is 152 Å². The number of hydrogen-bond donors (Lipinski definition) is 1. The zero-order valence-electron chi connectivity index (χ0n) is 15.2. The molecule has 4 rings (SSSR count). The van der Waals surface area contributed by atoms with Crippen molar-refractivity contribution in [3.05, 3.63) is 59.4 Å². The number of rotatable bonds is 4. The largest absolute Gasteiger partial charge is 0.299 e. The van der Waals surface area contributed by atoms with Crippen LogP contribution in [0, 0.1) is 12.7 Å². The minimum atomic E-state index is -0.212. The molecule has 0 atom stereocenters. The van der Waals surface area contributed by atoms with Gasteiger partial charge in [-0.25, -0.2) is 4.39 Å². The van der Waals surface area contributed by atoms with Gasteiger partial charge in [-0.1, -0.05) is 12.1 Å². The Morgan fingerprint density at radius 1 is 1.27 bits per heavy atom. The van der Waals surface area contributed by atoms with Crippen LogP contribution in [-0.4, -0.2) is 38.0 Å². The summed E-state index contributed by atoms with van der Waals surface area (Å²) in [6, 6.07) is 6.74. The summed E-state index contributed by atoms with van der Waals surface area (Å²) in [6.45, 7) is 5.10. The average molecular weight is 353 g/mol. The van der Waals surface area contributed by atoms with Crippen molar-refractivity contribution >= 4 is 0 Å². The Bertz CT molecular complexity index is 889. The number of nitrogens with one attached hydrogen (secondary N) is 1. The molecule has 0 radical (unpaired) electrons. The molecular weight excluding hydrogens is 329 g/mol. The van der Waals surface area contributed by atoms with Crippen LogP contribution in [0.25, 0.3) is 11.1 Å². The van der Waals surface area contributed by atoms with Gasteiger partial charge in [-0.15, -0.1) is 0 Å². The van der Waals surface area contributed by atoms with Gasteiger partial charge < -0.3 is 0 Å². The Balaban J connectivity index is 1.44. The van der Waals surface area contributed by atoms with E-state index in [0.717, 1.165) is 55.0 Å². The molecule has 0 spiro atoms. The third kappa shape index (κ3) is 3.42. The molecule has 1 saturated heterocycles. The van der Waals surface area contributed by atoms with E-state index >= 15 is 0 Å². The predicted octanol–water partition coefficient (Wildman–Crippen LogP) is 3.64. The fourth-order valence-corrected chi connectivity index (χ4v) is 3.92. The molecule has 1 fully saturated rings. The van der Waals surface area contributed by atoms with Crippen LogP contribution in [0.15, 0.2) is 36.7 Å². The predicted molar refractivity (Wildman–Crippen MR) is 99.2 cm³/mol. The Hall–Kier alpha value is -2.47. The molecule has 0 aliphatic carbocycles. The first-order valence-electron chi connectivity index (χ1n) is 9.11. The summed E-state index contributed by atoms with van der Waals surface area (Å²) in [5, 5.41) is 11.8. The molecule has 5 nitrogen and oxygen atoms in total. The Morgan fingerprint density at radius 3 is 2.77 bits per heavy atom. The van der Waals surface area contributed by atoms with Crippen LogP contribution in [0.3, 0.4) is 0 Å². The smallest absolute Gasteiger partial charge is 0.123 e. The van der Waals surface area contributed by atoms with E-state index in [1.165, 1.54) is 11.6 Å². The summed E-state index contributed by atoms with van der Waals surface area (Å²) < 4.78 is 15.5. The van der Waals surface area contributed by atoms with Gasteiger partial charge in [-0.2, -0.15) is 10.2 Å². The molecule has 1 N–H and O–H groups in total. The molecule has 1 aliphatic rings.